The molecule has 0 amide bonds. The van der Waals surface area contributed by atoms with Crippen molar-refractivity contribution in [1.29, 1.82) is 0 Å². The Morgan fingerprint density at radius 1 is 1.62 bits per heavy atom. The molecular formula is C11H12ClNO3. The molecule has 1 aromatic carbocycles. The summed E-state index contributed by atoms with van der Waals surface area (Å²) in [4.78, 5) is 11.1. The molecule has 0 fully saturated rings. The van der Waals surface area contributed by atoms with E-state index < -0.39 is 11.9 Å². The van der Waals surface area contributed by atoms with E-state index in [9.17, 15) is 4.79 Å². The second kappa shape index (κ2) is 4.31. The molecule has 3 N–H and O–H groups in total. The van der Waals surface area contributed by atoms with E-state index in [-0.39, 0.29) is 6.54 Å². The predicted molar refractivity (Wildman–Crippen MR) is 60.1 cm³/mol. The van der Waals surface area contributed by atoms with Crippen molar-refractivity contribution in [1.82, 2.24) is 0 Å². The summed E-state index contributed by atoms with van der Waals surface area (Å²) >= 11 is 6.05. The molecule has 4 nitrogen and oxygen atoms in total. The number of aliphatic carboxylic acids is 1. The standard InChI is InChI=1S/C11H12ClNO3/c12-8-1-2-9-6(3-4-16-9)10(8)7(5-13)11(14)15/h1-2,7H,3-5,13H2,(H,14,15). The van der Waals surface area contributed by atoms with E-state index >= 15 is 0 Å². The van der Waals surface area contributed by atoms with Crippen LogP contribution in [0.15, 0.2) is 12.1 Å². The summed E-state index contributed by atoms with van der Waals surface area (Å²) in [5.74, 6) is -0.993. The average Bonchev–Trinajstić information content (AvgIpc) is 2.69. The van der Waals surface area contributed by atoms with Crippen LogP contribution < -0.4 is 10.5 Å². The monoisotopic (exact) mass is 241 g/mol. The SMILES string of the molecule is NCC(C(=O)O)c1c(Cl)ccc2c1CCO2. The quantitative estimate of drug-likeness (QED) is 0.839. The summed E-state index contributed by atoms with van der Waals surface area (Å²) in [5.41, 5.74) is 6.97. The average molecular weight is 242 g/mol. The van der Waals surface area contributed by atoms with Gasteiger partial charge in [0.15, 0.2) is 0 Å². The van der Waals surface area contributed by atoms with Gasteiger partial charge in [-0.25, -0.2) is 0 Å². The molecule has 0 bridgehead atoms. The lowest BCUT2D eigenvalue weighted by molar-refractivity contribution is -0.138. The van der Waals surface area contributed by atoms with E-state index in [1.165, 1.54) is 0 Å². The van der Waals surface area contributed by atoms with Crippen LogP contribution in [0.1, 0.15) is 17.0 Å². The van der Waals surface area contributed by atoms with E-state index in [1.54, 1.807) is 12.1 Å². The summed E-state index contributed by atoms with van der Waals surface area (Å²) in [5, 5.41) is 9.55. The molecule has 1 aliphatic rings. The third-order valence-electron chi connectivity index (χ3n) is 2.75. The van der Waals surface area contributed by atoms with Gasteiger partial charge >= 0.3 is 5.97 Å². The van der Waals surface area contributed by atoms with Crippen molar-refractivity contribution in [2.75, 3.05) is 13.2 Å². The van der Waals surface area contributed by atoms with Crippen molar-refractivity contribution in [3.05, 3.63) is 28.3 Å². The van der Waals surface area contributed by atoms with Gasteiger partial charge in [-0.05, 0) is 17.7 Å². The van der Waals surface area contributed by atoms with Crippen LogP contribution in [-0.4, -0.2) is 24.2 Å². The van der Waals surface area contributed by atoms with Crippen LogP contribution in [0, 0.1) is 0 Å². The minimum absolute atomic E-state index is 0.0332. The highest BCUT2D eigenvalue weighted by Gasteiger charge is 2.28. The second-order valence-corrected chi connectivity index (χ2v) is 4.07. The Balaban J connectivity index is 2.54. The van der Waals surface area contributed by atoms with Crippen LogP contribution in [0.4, 0.5) is 0 Å². The third kappa shape index (κ3) is 1.74. The van der Waals surface area contributed by atoms with Crippen molar-refractivity contribution < 1.29 is 14.6 Å². The van der Waals surface area contributed by atoms with Gasteiger partial charge in [0.25, 0.3) is 0 Å². The Labute approximate surface area is 98.0 Å². The van der Waals surface area contributed by atoms with Gasteiger partial charge in [-0.3, -0.25) is 4.79 Å². The molecule has 0 aromatic heterocycles. The predicted octanol–water partition coefficient (Wildman–Crippen LogP) is 1.40. The maximum atomic E-state index is 11.1. The number of ether oxygens (including phenoxy) is 1. The maximum absolute atomic E-state index is 11.1. The van der Waals surface area contributed by atoms with E-state index in [0.717, 1.165) is 11.3 Å². The molecule has 1 aromatic rings. The van der Waals surface area contributed by atoms with E-state index in [0.29, 0.717) is 23.6 Å². The van der Waals surface area contributed by atoms with Gasteiger partial charge in [0.2, 0.25) is 0 Å². The Bertz CT molecular complexity index is 433. The van der Waals surface area contributed by atoms with Crippen molar-refractivity contribution >= 4 is 17.6 Å². The number of carbonyl (C=O) groups is 1. The minimum Gasteiger partial charge on any atom is -0.493 e. The number of halogens is 1. The lowest BCUT2D eigenvalue weighted by Crippen LogP contribution is -2.22. The van der Waals surface area contributed by atoms with Gasteiger partial charge in [-0.15, -0.1) is 0 Å². The molecule has 1 heterocycles. The number of carboxylic acid groups (broad SMARTS) is 1. The molecule has 1 aliphatic heterocycles. The fraction of sp³-hybridized carbons (Fsp3) is 0.364. The first-order valence-electron chi connectivity index (χ1n) is 5.02. The van der Waals surface area contributed by atoms with E-state index in [1.807, 2.05) is 0 Å². The van der Waals surface area contributed by atoms with Gasteiger partial charge in [0, 0.05) is 23.6 Å². The van der Waals surface area contributed by atoms with Crippen LogP contribution in [0.5, 0.6) is 5.75 Å². The Morgan fingerprint density at radius 3 is 3.00 bits per heavy atom. The van der Waals surface area contributed by atoms with Gasteiger partial charge < -0.3 is 15.6 Å². The third-order valence-corrected chi connectivity index (χ3v) is 3.08. The Morgan fingerprint density at radius 2 is 2.38 bits per heavy atom. The number of benzene rings is 1. The second-order valence-electron chi connectivity index (χ2n) is 3.66. The van der Waals surface area contributed by atoms with Gasteiger partial charge in [-0.1, -0.05) is 11.6 Å². The molecule has 0 saturated carbocycles. The van der Waals surface area contributed by atoms with Gasteiger partial charge in [-0.2, -0.15) is 0 Å². The first-order valence-corrected chi connectivity index (χ1v) is 5.40. The van der Waals surface area contributed by atoms with Crippen molar-refractivity contribution in [3.8, 4) is 5.75 Å². The zero-order valence-electron chi connectivity index (χ0n) is 8.57. The molecule has 2 rings (SSSR count). The summed E-state index contributed by atoms with van der Waals surface area (Å²) in [6.45, 7) is 0.602. The van der Waals surface area contributed by atoms with Crippen molar-refractivity contribution in [2.45, 2.75) is 12.3 Å². The topological polar surface area (TPSA) is 72.6 Å². The molecule has 16 heavy (non-hydrogen) atoms. The van der Waals surface area contributed by atoms with Crippen LogP contribution in [0.2, 0.25) is 5.02 Å². The lowest BCUT2D eigenvalue weighted by Gasteiger charge is -2.15. The number of carboxylic acids is 1. The minimum atomic E-state index is -0.954. The fourth-order valence-electron chi connectivity index (χ4n) is 1.99. The largest absolute Gasteiger partial charge is 0.493 e. The normalized spacial score (nSPS) is 15.4. The number of hydrogen-bond donors (Lipinski definition) is 2. The molecular weight excluding hydrogens is 230 g/mol. The highest BCUT2D eigenvalue weighted by Crippen LogP contribution is 2.37. The number of rotatable bonds is 3. The summed E-state index contributed by atoms with van der Waals surface area (Å²) < 4.78 is 5.38. The van der Waals surface area contributed by atoms with Crippen molar-refractivity contribution in [3.63, 3.8) is 0 Å². The summed E-state index contributed by atoms with van der Waals surface area (Å²) in [6, 6.07) is 3.43. The highest BCUT2D eigenvalue weighted by molar-refractivity contribution is 6.31. The van der Waals surface area contributed by atoms with Crippen molar-refractivity contribution in [2.24, 2.45) is 5.73 Å². The number of fused-ring (bicyclic) bond motifs is 1. The molecule has 0 spiro atoms. The van der Waals surface area contributed by atoms with Gasteiger partial charge in [0.1, 0.15) is 5.75 Å². The van der Waals surface area contributed by atoms with Crippen LogP contribution in [0.3, 0.4) is 0 Å². The smallest absolute Gasteiger partial charge is 0.312 e. The zero-order valence-corrected chi connectivity index (χ0v) is 9.33. The molecule has 0 saturated heterocycles. The Kier molecular flexibility index (Phi) is 3.03. The lowest BCUT2D eigenvalue weighted by atomic mass is 9.93. The van der Waals surface area contributed by atoms with Crippen LogP contribution in [0.25, 0.3) is 0 Å². The molecule has 5 heteroatoms. The molecule has 1 atom stereocenters. The first kappa shape index (κ1) is 11.2. The fourth-order valence-corrected chi connectivity index (χ4v) is 2.30. The first-order chi connectivity index (χ1) is 7.65. The molecule has 1 unspecified atom stereocenters. The maximum Gasteiger partial charge on any atom is 0.312 e. The molecule has 86 valence electrons. The van der Waals surface area contributed by atoms with Crippen LogP contribution >= 0.6 is 11.6 Å². The number of nitrogens with two attached hydrogens (primary N) is 1. The van der Waals surface area contributed by atoms with Gasteiger partial charge in [0.05, 0.1) is 12.5 Å². The van der Waals surface area contributed by atoms with E-state index in [4.69, 9.17) is 27.2 Å². The van der Waals surface area contributed by atoms with Crippen LogP contribution in [-0.2, 0) is 11.2 Å². The Hall–Kier alpha value is -1.26. The summed E-state index contributed by atoms with van der Waals surface area (Å²) in [6.07, 6.45) is 0.689. The zero-order chi connectivity index (χ0) is 11.7. The summed E-state index contributed by atoms with van der Waals surface area (Å²) in [7, 11) is 0. The van der Waals surface area contributed by atoms with E-state index in [2.05, 4.69) is 0 Å². The molecule has 0 radical (unpaired) electrons. The number of hydrogen-bond acceptors (Lipinski definition) is 3. The molecule has 0 aliphatic carbocycles. The highest BCUT2D eigenvalue weighted by atomic mass is 35.5.